The molecule has 2 aromatic carbocycles. The van der Waals surface area contributed by atoms with E-state index in [2.05, 4.69) is 5.32 Å². The molecule has 1 atom stereocenters. The van der Waals surface area contributed by atoms with Gasteiger partial charge in [-0.3, -0.25) is 9.59 Å². The van der Waals surface area contributed by atoms with Crippen LogP contribution in [0.15, 0.2) is 47.4 Å². The van der Waals surface area contributed by atoms with Crippen LogP contribution in [-0.2, 0) is 14.8 Å². The number of hydrogen-bond donors (Lipinski definition) is 1. The first kappa shape index (κ1) is 25.0. The van der Waals surface area contributed by atoms with Gasteiger partial charge in [-0.2, -0.15) is 4.31 Å². The number of nitrogens with zero attached hydrogens (tertiary/aromatic N) is 2. The highest BCUT2D eigenvalue weighted by molar-refractivity contribution is 7.89. The Kier molecular flexibility index (Phi) is 7.66. The van der Waals surface area contributed by atoms with Crippen molar-refractivity contribution >= 4 is 39.1 Å². The van der Waals surface area contributed by atoms with Gasteiger partial charge in [-0.1, -0.05) is 11.6 Å². The Morgan fingerprint density at radius 3 is 2.45 bits per heavy atom. The van der Waals surface area contributed by atoms with Gasteiger partial charge in [0.05, 0.1) is 22.6 Å². The molecule has 0 saturated carbocycles. The second-order valence-electron chi connectivity index (χ2n) is 8.13. The third-order valence-corrected chi connectivity index (χ3v) is 8.11. The van der Waals surface area contributed by atoms with Crippen molar-refractivity contribution in [3.8, 4) is 5.75 Å². The zero-order chi connectivity index (χ0) is 24.3. The lowest BCUT2D eigenvalue weighted by atomic mass is 10.1. The summed E-state index contributed by atoms with van der Waals surface area (Å²) < 4.78 is 32.1. The van der Waals surface area contributed by atoms with E-state index >= 15 is 0 Å². The molecular weight excluding hydrogens is 466 g/mol. The molecule has 33 heavy (non-hydrogen) atoms. The molecule has 1 fully saturated rings. The number of likely N-dealkylation sites (tertiary alicyclic amines) is 1. The number of amides is 2. The van der Waals surface area contributed by atoms with Crippen LogP contribution in [-0.4, -0.2) is 62.2 Å². The summed E-state index contributed by atoms with van der Waals surface area (Å²) in [7, 11) is -0.757. The number of benzene rings is 2. The molecule has 10 heteroatoms. The predicted molar refractivity (Wildman–Crippen MR) is 127 cm³/mol. The van der Waals surface area contributed by atoms with Crippen LogP contribution in [0, 0.1) is 0 Å². The number of sulfonamides is 1. The number of carbonyl (C=O) groups excluding carboxylic acids is 2. The van der Waals surface area contributed by atoms with Gasteiger partial charge < -0.3 is 15.0 Å². The Labute approximate surface area is 199 Å². The van der Waals surface area contributed by atoms with Crippen molar-refractivity contribution in [2.24, 2.45) is 0 Å². The van der Waals surface area contributed by atoms with Crippen LogP contribution < -0.4 is 10.1 Å². The summed E-state index contributed by atoms with van der Waals surface area (Å²) in [5, 5.41) is 2.96. The number of ether oxygens (including phenoxy) is 1. The van der Waals surface area contributed by atoms with Crippen molar-refractivity contribution in [3.05, 3.63) is 53.1 Å². The summed E-state index contributed by atoms with van der Waals surface area (Å²) in [5.74, 6) is -0.125. The fourth-order valence-corrected chi connectivity index (χ4v) is 5.20. The molecule has 0 aliphatic carbocycles. The Morgan fingerprint density at radius 2 is 1.85 bits per heavy atom. The van der Waals surface area contributed by atoms with Crippen LogP contribution >= 0.6 is 11.6 Å². The minimum absolute atomic E-state index is 0.0233. The van der Waals surface area contributed by atoms with Crippen molar-refractivity contribution in [2.75, 3.05) is 26.0 Å². The molecule has 2 amide bonds. The maximum absolute atomic E-state index is 13.3. The highest BCUT2D eigenvalue weighted by Gasteiger charge is 2.36. The molecule has 0 radical (unpaired) electrons. The van der Waals surface area contributed by atoms with E-state index in [-0.39, 0.29) is 27.4 Å². The first-order valence-electron chi connectivity index (χ1n) is 10.6. The number of carbonyl (C=O) groups is 2. The van der Waals surface area contributed by atoms with Crippen LogP contribution in [0.5, 0.6) is 5.75 Å². The molecule has 1 unspecified atom stereocenters. The predicted octanol–water partition coefficient (Wildman–Crippen LogP) is 3.62. The topological polar surface area (TPSA) is 96.0 Å². The highest BCUT2D eigenvalue weighted by atomic mass is 35.5. The van der Waals surface area contributed by atoms with Crippen LogP contribution in [0.3, 0.4) is 0 Å². The third-order valence-electron chi connectivity index (χ3n) is 5.75. The Morgan fingerprint density at radius 1 is 1.18 bits per heavy atom. The van der Waals surface area contributed by atoms with E-state index in [0.717, 1.165) is 0 Å². The lowest BCUT2D eigenvalue weighted by Crippen LogP contribution is -2.43. The molecule has 0 aromatic heterocycles. The van der Waals surface area contributed by atoms with Gasteiger partial charge in [-0.15, -0.1) is 0 Å². The second kappa shape index (κ2) is 10.1. The van der Waals surface area contributed by atoms with Gasteiger partial charge in [0.2, 0.25) is 15.9 Å². The molecule has 178 valence electrons. The first-order chi connectivity index (χ1) is 15.6. The zero-order valence-electron chi connectivity index (χ0n) is 19.0. The zero-order valence-corrected chi connectivity index (χ0v) is 20.6. The smallest absolute Gasteiger partial charge is 0.256 e. The maximum Gasteiger partial charge on any atom is 0.256 e. The van der Waals surface area contributed by atoms with E-state index in [1.807, 2.05) is 0 Å². The van der Waals surface area contributed by atoms with E-state index in [4.69, 9.17) is 16.3 Å². The van der Waals surface area contributed by atoms with Crippen LogP contribution in [0.2, 0.25) is 5.02 Å². The summed E-state index contributed by atoms with van der Waals surface area (Å²) in [4.78, 5) is 27.7. The lowest BCUT2D eigenvalue weighted by molar-refractivity contribution is -0.119. The van der Waals surface area contributed by atoms with Gasteiger partial charge in [-0.25, -0.2) is 8.42 Å². The Balaban J connectivity index is 1.84. The number of anilines is 1. The number of methoxy groups -OCH3 is 1. The van der Waals surface area contributed by atoms with Gasteiger partial charge in [0.15, 0.2) is 0 Å². The van der Waals surface area contributed by atoms with E-state index in [1.165, 1.54) is 34.5 Å². The summed E-state index contributed by atoms with van der Waals surface area (Å²) in [6.45, 7) is 3.89. The normalized spacial score (nSPS) is 16.3. The van der Waals surface area contributed by atoms with Crippen molar-refractivity contribution in [2.45, 2.75) is 43.7 Å². The van der Waals surface area contributed by atoms with Crippen LogP contribution in [0.25, 0.3) is 0 Å². The molecule has 1 N–H and O–H groups in total. The fourth-order valence-electron chi connectivity index (χ4n) is 3.61. The number of hydrogen-bond acceptors (Lipinski definition) is 5. The van der Waals surface area contributed by atoms with Gasteiger partial charge in [0.1, 0.15) is 11.8 Å². The maximum atomic E-state index is 13.3. The number of nitrogens with one attached hydrogen (secondary N) is 1. The van der Waals surface area contributed by atoms with Crippen molar-refractivity contribution in [1.29, 1.82) is 0 Å². The van der Waals surface area contributed by atoms with Crippen molar-refractivity contribution in [3.63, 3.8) is 0 Å². The van der Waals surface area contributed by atoms with Gasteiger partial charge in [0.25, 0.3) is 5.91 Å². The molecule has 2 aromatic rings. The molecule has 1 aliphatic rings. The molecule has 1 aliphatic heterocycles. The van der Waals surface area contributed by atoms with Gasteiger partial charge in [-0.05, 0) is 69.2 Å². The van der Waals surface area contributed by atoms with Crippen LogP contribution in [0.4, 0.5) is 5.69 Å². The highest BCUT2D eigenvalue weighted by Crippen LogP contribution is 2.28. The number of rotatable bonds is 7. The lowest BCUT2D eigenvalue weighted by Gasteiger charge is -2.25. The second-order valence-corrected chi connectivity index (χ2v) is 10.5. The summed E-state index contributed by atoms with van der Waals surface area (Å²) in [6, 6.07) is 10.0. The van der Waals surface area contributed by atoms with Gasteiger partial charge >= 0.3 is 0 Å². The molecule has 1 saturated heterocycles. The van der Waals surface area contributed by atoms with E-state index < -0.39 is 22.0 Å². The third kappa shape index (κ3) is 5.31. The molecular formula is C23H28ClN3O5S. The monoisotopic (exact) mass is 493 g/mol. The molecule has 0 spiro atoms. The average Bonchev–Trinajstić information content (AvgIpc) is 3.29. The SMILES string of the molecule is COc1ccc(NC(=O)C2CCCN2C(=O)c2cc(S(=O)(=O)N(C)C(C)C)ccc2Cl)cc1. The van der Waals surface area contributed by atoms with Gasteiger partial charge in [0, 0.05) is 25.3 Å². The molecule has 8 nitrogen and oxygen atoms in total. The van der Waals surface area contributed by atoms with Crippen molar-refractivity contribution in [1.82, 2.24) is 9.21 Å². The summed E-state index contributed by atoms with van der Waals surface area (Å²) >= 11 is 6.28. The average molecular weight is 494 g/mol. The van der Waals surface area contributed by atoms with Crippen molar-refractivity contribution < 1.29 is 22.7 Å². The standard InChI is InChI=1S/C23H28ClN3O5S/c1-15(2)26(3)33(30,31)18-11-12-20(24)19(14-18)23(29)27-13-5-6-21(27)22(28)25-16-7-9-17(32-4)10-8-16/h7-12,14-15,21H,5-6,13H2,1-4H3,(H,25,28). The first-order valence-corrected chi connectivity index (χ1v) is 12.4. The molecule has 1 heterocycles. The minimum Gasteiger partial charge on any atom is -0.497 e. The fraction of sp³-hybridized carbons (Fsp3) is 0.391. The summed E-state index contributed by atoms with van der Waals surface area (Å²) in [6.07, 6.45) is 1.15. The Bertz CT molecular complexity index is 1140. The summed E-state index contributed by atoms with van der Waals surface area (Å²) in [5.41, 5.74) is 0.641. The number of halogens is 1. The van der Waals surface area contributed by atoms with Crippen LogP contribution in [0.1, 0.15) is 37.0 Å². The minimum atomic E-state index is -3.80. The largest absolute Gasteiger partial charge is 0.497 e. The molecule has 0 bridgehead atoms. The quantitative estimate of drug-likeness (QED) is 0.635. The van der Waals surface area contributed by atoms with E-state index in [9.17, 15) is 18.0 Å². The Hall–Kier alpha value is -2.62. The van der Waals surface area contributed by atoms with E-state index in [1.54, 1.807) is 45.2 Å². The van der Waals surface area contributed by atoms with E-state index in [0.29, 0.717) is 30.8 Å². The molecule has 3 rings (SSSR count).